The highest BCUT2D eigenvalue weighted by Gasteiger charge is 2.40. The van der Waals surface area contributed by atoms with Crippen LogP contribution in [0.4, 0.5) is 0 Å². The number of fused-ring (bicyclic) bond motifs is 1. The number of benzene rings is 1. The Morgan fingerprint density at radius 3 is 2.24 bits per heavy atom. The Hall–Kier alpha value is -2.70. The summed E-state index contributed by atoms with van der Waals surface area (Å²) in [5, 5.41) is 12.3. The maximum absolute atomic E-state index is 12.6. The number of nitrogens with zero attached hydrogens (tertiary/aromatic N) is 1. The minimum Gasteiger partial charge on any atom is -0.480 e. The van der Waals surface area contributed by atoms with Crippen LogP contribution >= 0.6 is 0 Å². The summed E-state index contributed by atoms with van der Waals surface area (Å²) in [6, 6.07) is 4.25. The third-order valence-corrected chi connectivity index (χ3v) is 5.07. The molecule has 1 aliphatic carbocycles. The number of nitrogens with one attached hydrogen (secondary N) is 1. The van der Waals surface area contributed by atoms with Gasteiger partial charge in [0, 0.05) is 12.6 Å². The molecule has 1 aliphatic heterocycles. The highest BCUT2D eigenvalue weighted by Crippen LogP contribution is 2.28. The smallest absolute Gasteiger partial charge is 0.329 e. The minimum absolute atomic E-state index is 0.172. The minimum atomic E-state index is -1.27. The summed E-state index contributed by atoms with van der Waals surface area (Å²) < 4.78 is 0. The van der Waals surface area contributed by atoms with Crippen molar-refractivity contribution in [3.63, 3.8) is 0 Å². The van der Waals surface area contributed by atoms with Gasteiger partial charge in [0.05, 0.1) is 11.1 Å². The van der Waals surface area contributed by atoms with Gasteiger partial charge < -0.3 is 10.4 Å². The lowest BCUT2D eigenvalue weighted by atomic mass is 9.89. The SMILES string of the molecule is CN1C(=O)c2ccc(C(=O)NC3(C(=O)O)CCCCCC3)cc2C1=O. The van der Waals surface area contributed by atoms with Gasteiger partial charge in [-0.2, -0.15) is 0 Å². The second-order valence-electron chi connectivity index (χ2n) is 6.69. The Labute approximate surface area is 145 Å². The zero-order valence-corrected chi connectivity index (χ0v) is 14.0. The van der Waals surface area contributed by atoms with E-state index in [2.05, 4.69) is 5.32 Å². The molecule has 25 heavy (non-hydrogen) atoms. The maximum atomic E-state index is 12.6. The van der Waals surface area contributed by atoms with Crippen LogP contribution in [0.15, 0.2) is 18.2 Å². The van der Waals surface area contributed by atoms with Crippen molar-refractivity contribution in [3.8, 4) is 0 Å². The number of amides is 3. The van der Waals surface area contributed by atoms with Crippen molar-refractivity contribution in [1.29, 1.82) is 0 Å². The first-order valence-electron chi connectivity index (χ1n) is 8.38. The van der Waals surface area contributed by atoms with Crippen LogP contribution in [0.3, 0.4) is 0 Å². The zero-order chi connectivity index (χ0) is 18.2. The Bertz CT molecular complexity index is 763. The van der Waals surface area contributed by atoms with E-state index in [1.54, 1.807) is 0 Å². The number of rotatable bonds is 3. The molecule has 0 unspecified atom stereocenters. The first-order chi connectivity index (χ1) is 11.9. The van der Waals surface area contributed by atoms with Crippen LogP contribution in [0.5, 0.6) is 0 Å². The van der Waals surface area contributed by atoms with E-state index in [1.807, 2.05) is 0 Å². The van der Waals surface area contributed by atoms with Gasteiger partial charge in [0.25, 0.3) is 17.7 Å². The Morgan fingerprint density at radius 2 is 1.64 bits per heavy atom. The summed E-state index contributed by atoms with van der Waals surface area (Å²) in [6.07, 6.45) is 4.17. The molecule has 132 valence electrons. The topological polar surface area (TPSA) is 104 Å². The highest BCUT2D eigenvalue weighted by molar-refractivity contribution is 6.21. The van der Waals surface area contributed by atoms with Crippen LogP contribution in [-0.4, -0.2) is 46.3 Å². The van der Waals surface area contributed by atoms with Crippen LogP contribution in [0, 0.1) is 0 Å². The van der Waals surface area contributed by atoms with Gasteiger partial charge in [0.1, 0.15) is 5.54 Å². The lowest BCUT2D eigenvalue weighted by Crippen LogP contribution is -2.54. The standard InChI is InChI=1S/C18H20N2O5/c1-20-15(22)12-7-6-11(10-13(12)16(20)23)14(21)19-18(17(24)25)8-4-2-3-5-9-18/h6-7,10H,2-5,8-9H2,1H3,(H,19,21)(H,24,25). The molecule has 1 saturated carbocycles. The van der Waals surface area contributed by atoms with Gasteiger partial charge in [-0.1, -0.05) is 25.7 Å². The largest absolute Gasteiger partial charge is 0.480 e. The molecule has 0 radical (unpaired) electrons. The quantitative estimate of drug-likeness (QED) is 0.643. The lowest BCUT2D eigenvalue weighted by Gasteiger charge is -2.29. The maximum Gasteiger partial charge on any atom is 0.329 e. The first-order valence-corrected chi connectivity index (χ1v) is 8.38. The Morgan fingerprint density at radius 1 is 1.04 bits per heavy atom. The van der Waals surface area contributed by atoms with E-state index in [0.29, 0.717) is 12.8 Å². The number of imide groups is 1. The van der Waals surface area contributed by atoms with Gasteiger partial charge in [0.15, 0.2) is 0 Å². The second-order valence-corrected chi connectivity index (χ2v) is 6.69. The summed E-state index contributed by atoms with van der Waals surface area (Å²) in [4.78, 5) is 49.4. The fourth-order valence-electron chi connectivity index (χ4n) is 3.52. The van der Waals surface area contributed by atoms with Crippen molar-refractivity contribution in [3.05, 3.63) is 34.9 Å². The average molecular weight is 344 g/mol. The number of hydrogen-bond donors (Lipinski definition) is 2. The predicted molar refractivity (Wildman–Crippen MR) is 88.4 cm³/mol. The van der Waals surface area contributed by atoms with Gasteiger partial charge in [-0.05, 0) is 31.0 Å². The third-order valence-electron chi connectivity index (χ3n) is 5.07. The van der Waals surface area contributed by atoms with Gasteiger partial charge >= 0.3 is 5.97 Å². The molecule has 3 rings (SSSR count). The Balaban J connectivity index is 1.87. The molecule has 0 bridgehead atoms. The van der Waals surface area contributed by atoms with Crippen LogP contribution in [0.2, 0.25) is 0 Å². The molecule has 2 N–H and O–H groups in total. The third kappa shape index (κ3) is 2.90. The van der Waals surface area contributed by atoms with E-state index in [4.69, 9.17) is 0 Å². The molecule has 0 spiro atoms. The molecule has 7 heteroatoms. The van der Waals surface area contributed by atoms with Crippen molar-refractivity contribution in [1.82, 2.24) is 10.2 Å². The number of aliphatic carboxylic acids is 1. The average Bonchev–Trinajstić information content (AvgIpc) is 2.78. The van der Waals surface area contributed by atoms with Crippen molar-refractivity contribution in [2.24, 2.45) is 0 Å². The molecule has 1 aromatic carbocycles. The fourth-order valence-corrected chi connectivity index (χ4v) is 3.52. The van der Waals surface area contributed by atoms with Crippen LogP contribution in [-0.2, 0) is 4.79 Å². The summed E-state index contributed by atoms with van der Waals surface area (Å²) >= 11 is 0. The predicted octanol–water partition coefficient (Wildman–Crippen LogP) is 1.82. The van der Waals surface area contributed by atoms with Gasteiger partial charge in [0.2, 0.25) is 0 Å². The molecule has 0 aromatic heterocycles. The molecule has 1 fully saturated rings. The molecular weight excluding hydrogens is 324 g/mol. The molecular formula is C18H20N2O5. The number of hydrogen-bond acceptors (Lipinski definition) is 4. The molecule has 1 aromatic rings. The van der Waals surface area contributed by atoms with E-state index >= 15 is 0 Å². The van der Waals surface area contributed by atoms with Crippen LogP contribution in [0.1, 0.15) is 69.6 Å². The number of carbonyl (C=O) groups excluding carboxylic acids is 3. The molecule has 3 amide bonds. The van der Waals surface area contributed by atoms with E-state index in [-0.39, 0.29) is 16.7 Å². The molecule has 2 aliphatic rings. The Kier molecular flexibility index (Phi) is 4.32. The second kappa shape index (κ2) is 6.31. The van der Waals surface area contributed by atoms with Crippen molar-refractivity contribution < 1.29 is 24.3 Å². The molecule has 0 atom stereocenters. The highest BCUT2D eigenvalue weighted by atomic mass is 16.4. The number of carboxylic acid groups (broad SMARTS) is 1. The fraction of sp³-hybridized carbons (Fsp3) is 0.444. The van der Waals surface area contributed by atoms with E-state index in [0.717, 1.165) is 30.6 Å². The lowest BCUT2D eigenvalue weighted by molar-refractivity contribution is -0.145. The van der Waals surface area contributed by atoms with E-state index in [9.17, 15) is 24.3 Å². The van der Waals surface area contributed by atoms with Crippen LogP contribution in [0.25, 0.3) is 0 Å². The summed E-state index contributed by atoms with van der Waals surface area (Å²) in [5.74, 6) is -2.44. The van der Waals surface area contributed by atoms with Gasteiger partial charge in [-0.15, -0.1) is 0 Å². The van der Waals surface area contributed by atoms with Crippen LogP contribution < -0.4 is 5.32 Å². The molecule has 0 saturated heterocycles. The molecule has 1 heterocycles. The van der Waals surface area contributed by atoms with Crippen molar-refractivity contribution >= 4 is 23.7 Å². The first kappa shape index (κ1) is 17.1. The molecule has 7 nitrogen and oxygen atoms in total. The zero-order valence-electron chi connectivity index (χ0n) is 14.0. The summed E-state index contributed by atoms with van der Waals surface area (Å²) in [5.41, 5.74) is -0.666. The van der Waals surface area contributed by atoms with Crippen molar-refractivity contribution in [2.45, 2.75) is 44.1 Å². The monoisotopic (exact) mass is 344 g/mol. The number of carboxylic acids is 1. The summed E-state index contributed by atoms with van der Waals surface area (Å²) in [6.45, 7) is 0. The number of carbonyl (C=O) groups is 4. The van der Waals surface area contributed by atoms with Crippen molar-refractivity contribution in [2.75, 3.05) is 7.05 Å². The van der Waals surface area contributed by atoms with E-state index in [1.165, 1.54) is 25.2 Å². The van der Waals surface area contributed by atoms with Gasteiger partial charge in [-0.25, -0.2) is 4.79 Å². The summed E-state index contributed by atoms with van der Waals surface area (Å²) in [7, 11) is 1.38. The van der Waals surface area contributed by atoms with Gasteiger partial charge in [-0.3, -0.25) is 19.3 Å². The van der Waals surface area contributed by atoms with E-state index < -0.39 is 29.2 Å². The normalized spacial score (nSPS) is 19.3.